The molecule has 0 saturated carbocycles. The van der Waals surface area contributed by atoms with Crippen molar-refractivity contribution in [1.82, 2.24) is 9.88 Å². The van der Waals surface area contributed by atoms with Gasteiger partial charge in [0.25, 0.3) is 0 Å². The highest BCUT2D eigenvalue weighted by atomic mass is 16.6. The number of likely N-dealkylation sites (tertiary alicyclic amines) is 1. The van der Waals surface area contributed by atoms with Crippen molar-refractivity contribution in [2.75, 3.05) is 13.2 Å². The van der Waals surface area contributed by atoms with Crippen LogP contribution in [0.3, 0.4) is 0 Å². The van der Waals surface area contributed by atoms with Crippen LogP contribution in [-0.2, 0) is 4.74 Å². The topological polar surface area (TPSA) is 51.7 Å². The molecule has 4 rings (SSSR count). The number of amides is 1. The fourth-order valence-electron chi connectivity index (χ4n) is 5.53. The molecule has 1 fully saturated rings. The predicted octanol–water partition coefficient (Wildman–Crippen LogP) is 8.71. The third kappa shape index (κ3) is 7.97. The van der Waals surface area contributed by atoms with Crippen LogP contribution >= 0.6 is 0 Å². The van der Waals surface area contributed by atoms with Gasteiger partial charge in [-0.25, -0.2) is 4.79 Å². The molecule has 1 aromatic heterocycles. The van der Waals surface area contributed by atoms with Gasteiger partial charge in [-0.1, -0.05) is 64.7 Å². The third-order valence-electron chi connectivity index (χ3n) is 7.11. The average molecular weight is 541 g/mol. The number of ether oxygens (including phenoxy) is 2. The van der Waals surface area contributed by atoms with E-state index < -0.39 is 5.60 Å². The number of carbonyl (C=O) groups excluding carboxylic acids is 1. The van der Waals surface area contributed by atoms with Crippen LogP contribution in [0.4, 0.5) is 4.79 Å². The molecule has 1 aliphatic heterocycles. The van der Waals surface area contributed by atoms with Crippen LogP contribution < -0.4 is 4.74 Å². The van der Waals surface area contributed by atoms with Gasteiger partial charge in [-0.2, -0.15) is 0 Å². The van der Waals surface area contributed by atoms with E-state index in [-0.39, 0.29) is 12.1 Å². The Morgan fingerprint density at radius 1 is 0.925 bits per heavy atom. The average Bonchev–Trinajstić information content (AvgIpc) is 2.86. The minimum atomic E-state index is -0.509. The van der Waals surface area contributed by atoms with E-state index in [0.29, 0.717) is 6.61 Å². The molecular weight excluding hydrogens is 496 g/mol. The molecule has 40 heavy (non-hydrogen) atoms. The Morgan fingerprint density at radius 3 is 2.23 bits per heavy atom. The zero-order valence-corrected chi connectivity index (χ0v) is 25.2. The number of hydrogen-bond donors (Lipinski definition) is 0. The maximum absolute atomic E-state index is 12.9. The van der Waals surface area contributed by atoms with Crippen LogP contribution in [0.2, 0.25) is 0 Å². The monoisotopic (exact) mass is 540 g/mol. The van der Waals surface area contributed by atoms with Gasteiger partial charge in [-0.15, -0.1) is 0 Å². The molecule has 5 heteroatoms. The number of aromatic nitrogens is 1. The number of piperidine rings is 1. The Bertz CT molecular complexity index is 1330. The summed E-state index contributed by atoms with van der Waals surface area (Å²) in [6.45, 7) is 15.4. The largest absolute Gasteiger partial charge is 0.492 e. The first-order chi connectivity index (χ1) is 19.0. The third-order valence-corrected chi connectivity index (χ3v) is 7.11. The number of aryl methyl sites for hydroxylation is 4. The molecule has 2 heterocycles. The van der Waals surface area contributed by atoms with Crippen LogP contribution in [0.1, 0.15) is 79.8 Å². The SMILES string of the molecule is Cc1cc(C)cc(C=Cc2cncc(-c3cc(C)cc(C)c3)c2OCCC2CCCCN2C(=O)OC(C)(C)C)c1. The molecule has 0 bridgehead atoms. The van der Waals surface area contributed by atoms with E-state index in [1.165, 1.54) is 22.3 Å². The summed E-state index contributed by atoms with van der Waals surface area (Å²) < 4.78 is 12.3. The molecule has 5 nitrogen and oxygen atoms in total. The molecule has 1 atom stereocenters. The highest BCUT2D eigenvalue weighted by Crippen LogP contribution is 2.35. The lowest BCUT2D eigenvalue weighted by Gasteiger charge is -2.36. The maximum atomic E-state index is 12.9. The van der Waals surface area contributed by atoms with Gasteiger partial charge in [-0.05, 0) is 84.9 Å². The summed E-state index contributed by atoms with van der Waals surface area (Å²) in [5, 5.41) is 0. The Morgan fingerprint density at radius 2 is 1.57 bits per heavy atom. The lowest BCUT2D eigenvalue weighted by atomic mass is 9.99. The first-order valence-corrected chi connectivity index (χ1v) is 14.4. The molecule has 1 amide bonds. The van der Waals surface area contributed by atoms with Crippen molar-refractivity contribution in [2.24, 2.45) is 0 Å². The Balaban J connectivity index is 1.61. The van der Waals surface area contributed by atoms with Crippen LogP contribution in [-0.4, -0.2) is 40.8 Å². The fraction of sp³-hybridized carbons (Fsp3) is 0.429. The molecule has 1 aliphatic rings. The number of benzene rings is 2. The van der Waals surface area contributed by atoms with Crippen molar-refractivity contribution in [1.29, 1.82) is 0 Å². The highest BCUT2D eigenvalue weighted by Gasteiger charge is 2.30. The van der Waals surface area contributed by atoms with E-state index in [4.69, 9.17) is 9.47 Å². The molecule has 0 aliphatic carbocycles. The van der Waals surface area contributed by atoms with E-state index in [1.807, 2.05) is 38.1 Å². The van der Waals surface area contributed by atoms with Gasteiger partial charge < -0.3 is 14.4 Å². The van der Waals surface area contributed by atoms with Crippen LogP contribution in [0, 0.1) is 27.7 Å². The summed E-state index contributed by atoms with van der Waals surface area (Å²) >= 11 is 0. The van der Waals surface area contributed by atoms with E-state index in [2.05, 4.69) is 81.2 Å². The minimum absolute atomic E-state index is 0.101. The second-order valence-corrected chi connectivity index (χ2v) is 12.2. The molecule has 1 saturated heterocycles. The Hall–Kier alpha value is -3.60. The van der Waals surface area contributed by atoms with Crippen LogP contribution in [0.15, 0.2) is 48.8 Å². The van der Waals surface area contributed by atoms with Gasteiger partial charge in [0.15, 0.2) is 0 Å². The summed E-state index contributed by atoms with van der Waals surface area (Å²) in [7, 11) is 0. The molecule has 1 unspecified atom stereocenters. The van der Waals surface area contributed by atoms with Crippen molar-refractivity contribution in [3.63, 3.8) is 0 Å². The van der Waals surface area contributed by atoms with Crippen molar-refractivity contribution in [3.8, 4) is 16.9 Å². The minimum Gasteiger partial charge on any atom is -0.492 e. The molecule has 212 valence electrons. The fourth-order valence-corrected chi connectivity index (χ4v) is 5.53. The summed E-state index contributed by atoms with van der Waals surface area (Å²) in [4.78, 5) is 19.4. The maximum Gasteiger partial charge on any atom is 0.410 e. The molecule has 3 aromatic rings. The number of nitrogens with zero attached hydrogens (tertiary/aromatic N) is 2. The molecule has 2 aromatic carbocycles. The zero-order valence-electron chi connectivity index (χ0n) is 25.2. The lowest BCUT2D eigenvalue weighted by Crippen LogP contribution is -2.46. The van der Waals surface area contributed by atoms with Gasteiger partial charge in [0.2, 0.25) is 0 Å². The Kier molecular flexibility index (Phi) is 9.34. The standard InChI is InChI=1S/C35H44N2O3/c1-24-16-25(2)19-28(18-24)11-12-29-22-36-23-32(30-20-26(3)17-27(4)21-30)33(29)39-15-13-31-10-8-9-14-37(31)34(38)40-35(5,6)7/h11-12,16-23,31H,8-10,13-15H2,1-7H3. The van der Waals surface area contributed by atoms with E-state index in [0.717, 1.165) is 60.2 Å². The number of pyridine rings is 1. The molecule has 0 radical (unpaired) electrons. The predicted molar refractivity (Wildman–Crippen MR) is 165 cm³/mol. The zero-order chi connectivity index (χ0) is 28.9. The Labute approximate surface area is 240 Å². The molecule has 0 N–H and O–H groups in total. The first kappa shape index (κ1) is 29.4. The van der Waals surface area contributed by atoms with Crippen molar-refractivity contribution in [3.05, 3.63) is 82.2 Å². The van der Waals surface area contributed by atoms with Crippen LogP contribution in [0.5, 0.6) is 5.75 Å². The summed E-state index contributed by atoms with van der Waals surface area (Å²) in [5.41, 5.74) is 8.51. The quantitative estimate of drug-likeness (QED) is 0.301. The van der Waals surface area contributed by atoms with Crippen molar-refractivity contribution < 1.29 is 14.3 Å². The lowest BCUT2D eigenvalue weighted by molar-refractivity contribution is 0.00743. The van der Waals surface area contributed by atoms with E-state index >= 15 is 0 Å². The smallest absolute Gasteiger partial charge is 0.410 e. The van der Waals surface area contributed by atoms with Crippen molar-refractivity contribution >= 4 is 18.2 Å². The molecular formula is C35H44N2O3. The first-order valence-electron chi connectivity index (χ1n) is 14.4. The normalized spacial score (nSPS) is 15.9. The second kappa shape index (κ2) is 12.7. The van der Waals surface area contributed by atoms with E-state index in [9.17, 15) is 4.79 Å². The second-order valence-electron chi connectivity index (χ2n) is 12.2. The van der Waals surface area contributed by atoms with E-state index in [1.54, 1.807) is 0 Å². The molecule has 0 spiro atoms. The van der Waals surface area contributed by atoms with Gasteiger partial charge in [0, 0.05) is 42.5 Å². The number of carbonyl (C=O) groups is 1. The highest BCUT2D eigenvalue weighted by molar-refractivity contribution is 5.80. The van der Waals surface area contributed by atoms with Gasteiger partial charge in [0.05, 0.1) is 6.61 Å². The van der Waals surface area contributed by atoms with Gasteiger partial charge in [0.1, 0.15) is 11.4 Å². The van der Waals surface area contributed by atoms with Crippen molar-refractivity contribution in [2.45, 2.75) is 85.8 Å². The number of rotatable bonds is 7. The summed E-state index contributed by atoms with van der Waals surface area (Å²) in [6.07, 6.45) is 11.6. The number of hydrogen-bond acceptors (Lipinski definition) is 4. The van der Waals surface area contributed by atoms with Gasteiger partial charge in [-0.3, -0.25) is 4.98 Å². The van der Waals surface area contributed by atoms with Gasteiger partial charge >= 0.3 is 6.09 Å². The summed E-state index contributed by atoms with van der Waals surface area (Å²) in [5.74, 6) is 0.820. The van der Waals surface area contributed by atoms with Crippen LogP contribution in [0.25, 0.3) is 23.3 Å². The summed E-state index contributed by atoms with van der Waals surface area (Å²) in [6, 6.07) is 13.2.